The zero-order valence-corrected chi connectivity index (χ0v) is 19.7. The minimum atomic E-state index is -0.442. The van der Waals surface area contributed by atoms with Crippen LogP contribution in [-0.4, -0.2) is 17.4 Å². The van der Waals surface area contributed by atoms with Crippen molar-refractivity contribution in [1.82, 2.24) is 0 Å². The van der Waals surface area contributed by atoms with E-state index in [9.17, 15) is 14.9 Å². The molecule has 0 unspecified atom stereocenters. The molecule has 0 aliphatic rings. The summed E-state index contributed by atoms with van der Waals surface area (Å²) in [5, 5.41) is 16.8. The van der Waals surface area contributed by atoms with Crippen molar-refractivity contribution in [1.29, 1.82) is 0 Å². The van der Waals surface area contributed by atoms with Crippen LogP contribution in [0.15, 0.2) is 69.6 Å². The van der Waals surface area contributed by atoms with Gasteiger partial charge in [-0.1, -0.05) is 28.1 Å². The van der Waals surface area contributed by atoms with E-state index in [-0.39, 0.29) is 18.2 Å². The number of nitro groups is 1. The minimum Gasteiger partial charge on any atom is -0.482 e. The quantitative estimate of drug-likeness (QED) is 0.264. The molecule has 0 aromatic heterocycles. The number of anilines is 2. The van der Waals surface area contributed by atoms with Gasteiger partial charge >= 0.3 is 0 Å². The van der Waals surface area contributed by atoms with Gasteiger partial charge in [0, 0.05) is 40.1 Å². The molecule has 0 saturated carbocycles. The lowest BCUT2D eigenvalue weighted by Gasteiger charge is -2.15. The highest BCUT2D eigenvalue weighted by Gasteiger charge is 2.13. The number of carbonyl (C=O) groups is 1. The molecular weight excluding hydrogens is 530 g/mol. The normalized spacial score (nSPS) is 10.4. The van der Waals surface area contributed by atoms with Crippen molar-refractivity contribution >= 4 is 54.8 Å². The number of nitro benzene ring substituents is 1. The van der Waals surface area contributed by atoms with Crippen LogP contribution in [0.5, 0.6) is 5.75 Å². The summed E-state index contributed by atoms with van der Waals surface area (Å²) < 4.78 is 7.36. The molecule has 0 aliphatic heterocycles. The van der Waals surface area contributed by atoms with Gasteiger partial charge in [-0.25, -0.2) is 0 Å². The minimum absolute atomic E-state index is 0.0272. The molecule has 2 N–H and O–H groups in total. The van der Waals surface area contributed by atoms with Gasteiger partial charge in [-0.15, -0.1) is 0 Å². The summed E-state index contributed by atoms with van der Waals surface area (Å²) in [7, 11) is 0. The molecule has 3 aromatic carbocycles. The molecule has 0 saturated heterocycles. The molecular formula is C22H19Br2N3O4. The summed E-state index contributed by atoms with van der Waals surface area (Å²) in [6.07, 6.45) is 0. The highest BCUT2D eigenvalue weighted by Crippen LogP contribution is 2.33. The number of aryl methyl sites for hydroxylation is 1. The van der Waals surface area contributed by atoms with Crippen LogP contribution in [0.2, 0.25) is 0 Å². The summed E-state index contributed by atoms with van der Waals surface area (Å²) in [6.45, 7) is 2.19. The van der Waals surface area contributed by atoms with E-state index in [1.165, 1.54) is 12.1 Å². The third-order valence-electron chi connectivity index (χ3n) is 4.30. The van der Waals surface area contributed by atoms with Crippen LogP contribution in [0.3, 0.4) is 0 Å². The molecule has 0 atom stereocenters. The van der Waals surface area contributed by atoms with Crippen LogP contribution >= 0.6 is 31.9 Å². The van der Waals surface area contributed by atoms with Crippen molar-refractivity contribution in [3.8, 4) is 5.75 Å². The number of hydrogen-bond acceptors (Lipinski definition) is 5. The Kier molecular flexibility index (Phi) is 7.64. The highest BCUT2D eigenvalue weighted by molar-refractivity contribution is 9.11. The van der Waals surface area contributed by atoms with Gasteiger partial charge in [-0.05, 0) is 64.8 Å². The van der Waals surface area contributed by atoms with E-state index in [1.807, 2.05) is 43.3 Å². The molecule has 31 heavy (non-hydrogen) atoms. The molecule has 160 valence electrons. The average molecular weight is 549 g/mol. The topological polar surface area (TPSA) is 93.5 Å². The van der Waals surface area contributed by atoms with Gasteiger partial charge in [0.1, 0.15) is 5.75 Å². The molecule has 7 nitrogen and oxygen atoms in total. The van der Waals surface area contributed by atoms with Crippen molar-refractivity contribution in [3.05, 3.63) is 90.9 Å². The molecule has 1 amide bonds. The molecule has 9 heteroatoms. The van der Waals surface area contributed by atoms with Gasteiger partial charge in [0.15, 0.2) is 6.61 Å². The number of rotatable bonds is 8. The highest BCUT2D eigenvalue weighted by atomic mass is 79.9. The lowest BCUT2D eigenvalue weighted by Crippen LogP contribution is -2.21. The number of hydrogen-bond donors (Lipinski definition) is 2. The second kappa shape index (κ2) is 10.4. The second-order valence-electron chi connectivity index (χ2n) is 6.74. The van der Waals surface area contributed by atoms with Crippen LogP contribution in [0.25, 0.3) is 0 Å². The fourth-order valence-corrected chi connectivity index (χ4v) is 4.29. The molecule has 0 bridgehead atoms. The van der Waals surface area contributed by atoms with E-state index in [2.05, 4.69) is 42.5 Å². The number of nitrogens with zero attached hydrogens (tertiary/aromatic N) is 1. The third-order valence-corrected chi connectivity index (χ3v) is 5.34. The number of halogens is 2. The molecule has 0 spiro atoms. The third kappa shape index (κ3) is 6.53. The smallest absolute Gasteiger partial charge is 0.269 e. The predicted molar refractivity (Wildman–Crippen MR) is 128 cm³/mol. The SMILES string of the molecule is Cc1cccc(NC(=O)COc2c(Br)cc(Br)cc2CNc2ccc([N+](=O)[O-])cc2)c1. The average Bonchev–Trinajstić information content (AvgIpc) is 2.71. The number of non-ortho nitro benzene ring substituents is 1. The fraction of sp³-hybridized carbons (Fsp3) is 0.136. The van der Waals surface area contributed by atoms with E-state index in [0.29, 0.717) is 22.5 Å². The van der Waals surface area contributed by atoms with Gasteiger partial charge in [0.25, 0.3) is 11.6 Å². The first-order valence-corrected chi connectivity index (χ1v) is 10.9. The van der Waals surface area contributed by atoms with Crippen molar-refractivity contribution in [2.24, 2.45) is 0 Å². The van der Waals surface area contributed by atoms with Crippen molar-refractivity contribution < 1.29 is 14.5 Å². The Morgan fingerprint density at radius 3 is 2.48 bits per heavy atom. The van der Waals surface area contributed by atoms with Crippen molar-refractivity contribution in [2.75, 3.05) is 17.2 Å². The Morgan fingerprint density at radius 1 is 1.06 bits per heavy atom. The first-order valence-electron chi connectivity index (χ1n) is 9.27. The van der Waals surface area contributed by atoms with Gasteiger partial charge in [-0.2, -0.15) is 0 Å². The Hall–Kier alpha value is -2.91. The first-order chi connectivity index (χ1) is 14.8. The van der Waals surface area contributed by atoms with E-state index in [1.54, 1.807) is 12.1 Å². The summed E-state index contributed by atoms with van der Waals surface area (Å²) in [5.41, 5.74) is 3.32. The molecule has 0 fully saturated rings. The van der Waals surface area contributed by atoms with Gasteiger partial charge in [0.2, 0.25) is 0 Å². The Morgan fingerprint density at radius 2 is 1.81 bits per heavy atom. The van der Waals surface area contributed by atoms with E-state index in [4.69, 9.17) is 4.74 Å². The van der Waals surface area contributed by atoms with E-state index < -0.39 is 4.92 Å². The summed E-state index contributed by atoms with van der Waals surface area (Å²) in [5.74, 6) is 0.270. The van der Waals surface area contributed by atoms with Crippen LogP contribution in [0.1, 0.15) is 11.1 Å². The van der Waals surface area contributed by atoms with E-state index in [0.717, 1.165) is 21.3 Å². The number of amides is 1. The summed E-state index contributed by atoms with van der Waals surface area (Å²) in [4.78, 5) is 22.7. The van der Waals surface area contributed by atoms with Gasteiger partial charge < -0.3 is 15.4 Å². The molecule has 3 rings (SSSR count). The monoisotopic (exact) mass is 547 g/mol. The number of carbonyl (C=O) groups excluding carboxylic acids is 1. The zero-order valence-electron chi connectivity index (χ0n) is 16.5. The lowest BCUT2D eigenvalue weighted by atomic mass is 10.2. The summed E-state index contributed by atoms with van der Waals surface area (Å²) in [6, 6.07) is 17.4. The molecule has 0 radical (unpaired) electrons. The van der Waals surface area contributed by atoms with E-state index >= 15 is 0 Å². The maximum absolute atomic E-state index is 12.3. The molecule has 3 aromatic rings. The van der Waals surface area contributed by atoms with Crippen molar-refractivity contribution in [2.45, 2.75) is 13.5 Å². The standard InChI is InChI=1S/C22H19Br2N3O4/c1-14-3-2-4-18(9-14)26-21(28)13-31-22-15(10-16(23)11-20(22)24)12-25-17-5-7-19(8-6-17)27(29)30/h2-11,25H,12-13H2,1H3,(H,26,28). The second-order valence-corrected chi connectivity index (χ2v) is 8.51. The van der Waals surface area contributed by atoms with Gasteiger partial charge in [0.05, 0.1) is 9.40 Å². The number of ether oxygens (including phenoxy) is 1. The molecule has 0 aliphatic carbocycles. The van der Waals surface area contributed by atoms with Gasteiger partial charge in [-0.3, -0.25) is 14.9 Å². The molecule has 0 heterocycles. The van der Waals surface area contributed by atoms with Crippen LogP contribution in [0.4, 0.5) is 17.1 Å². The Balaban J connectivity index is 1.67. The Labute approximate surface area is 196 Å². The number of nitrogens with one attached hydrogen (secondary N) is 2. The summed E-state index contributed by atoms with van der Waals surface area (Å²) >= 11 is 6.95. The van der Waals surface area contributed by atoms with Crippen molar-refractivity contribution in [3.63, 3.8) is 0 Å². The maximum Gasteiger partial charge on any atom is 0.269 e. The lowest BCUT2D eigenvalue weighted by molar-refractivity contribution is -0.384. The zero-order chi connectivity index (χ0) is 22.4. The number of benzene rings is 3. The maximum atomic E-state index is 12.3. The van der Waals surface area contributed by atoms with Crippen LogP contribution in [0, 0.1) is 17.0 Å². The van der Waals surface area contributed by atoms with Crippen LogP contribution < -0.4 is 15.4 Å². The predicted octanol–water partition coefficient (Wildman–Crippen LogP) is 6.06. The fourth-order valence-electron chi connectivity index (χ4n) is 2.86. The van der Waals surface area contributed by atoms with Crippen LogP contribution in [-0.2, 0) is 11.3 Å². The largest absolute Gasteiger partial charge is 0.482 e. The Bertz CT molecular complexity index is 1100. The first kappa shape index (κ1) is 22.8.